The van der Waals surface area contributed by atoms with E-state index in [0.717, 1.165) is 18.4 Å². The normalized spacial score (nSPS) is 14.0. The lowest BCUT2D eigenvalue weighted by Crippen LogP contribution is -2.25. The number of nitrogens with one attached hydrogen (secondary N) is 1. The van der Waals surface area contributed by atoms with Crippen molar-refractivity contribution in [2.75, 3.05) is 0 Å². The number of benzene rings is 1. The number of carboxylic acids is 1. The second-order valence-electron chi connectivity index (χ2n) is 5.19. The SMILES string of the molecule is CC(CCCC(C)C(=O)O)NCc1ccc(Cl)cc1Cl. The minimum absolute atomic E-state index is 0.270. The quantitative estimate of drug-likeness (QED) is 0.748. The molecule has 20 heavy (non-hydrogen) atoms. The molecule has 5 heteroatoms. The van der Waals surface area contributed by atoms with E-state index in [2.05, 4.69) is 12.2 Å². The van der Waals surface area contributed by atoms with Crippen molar-refractivity contribution in [3.63, 3.8) is 0 Å². The maximum atomic E-state index is 10.7. The number of carboxylic acid groups (broad SMARTS) is 1. The third kappa shape index (κ3) is 6.12. The highest BCUT2D eigenvalue weighted by molar-refractivity contribution is 6.35. The molecule has 1 rings (SSSR count). The van der Waals surface area contributed by atoms with Crippen LogP contribution >= 0.6 is 23.2 Å². The van der Waals surface area contributed by atoms with E-state index in [-0.39, 0.29) is 5.92 Å². The fourth-order valence-corrected chi connectivity index (χ4v) is 2.38. The van der Waals surface area contributed by atoms with Crippen LogP contribution in [0.3, 0.4) is 0 Å². The first-order valence-corrected chi connectivity index (χ1v) is 7.56. The third-order valence-electron chi connectivity index (χ3n) is 3.35. The van der Waals surface area contributed by atoms with Crippen LogP contribution in [0, 0.1) is 5.92 Å². The first-order valence-electron chi connectivity index (χ1n) is 6.80. The Morgan fingerprint density at radius 3 is 2.60 bits per heavy atom. The van der Waals surface area contributed by atoms with Gasteiger partial charge in [-0.25, -0.2) is 0 Å². The second-order valence-corrected chi connectivity index (χ2v) is 6.03. The topological polar surface area (TPSA) is 49.3 Å². The minimum atomic E-state index is -0.724. The molecule has 2 atom stereocenters. The van der Waals surface area contributed by atoms with E-state index in [4.69, 9.17) is 28.3 Å². The van der Waals surface area contributed by atoms with Gasteiger partial charge in [0.05, 0.1) is 5.92 Å². The molecule has 0 aromatic heterocycles. The van der Waals surface area contributed by atoms with Crippen molar-refractivity contribution in [2.24, 2.45) is 5.92 Å². The molecular formula is C15H21Cl2NO2. The predicted molar refractivity (Wildman–Crippen MR) is 83.4 cm³/mol. The fraction of sp³-hybridized carbons (Fsp3) is 0.533. The lowest BCUT2D eigenvalue weighted by molar-refractivity contribution is -0.141. The predicted octanol–water partition coefficient (Wildman–Crippen LogP) is 4.36. The number of aliphatic carboxylic acids is 1. The lowest BCUT2D eigenvalue weighted by Gasteiger charge is -2.15. The Morgan fingerprint density at radius 2 is 2.00 bits per heavy atom. The Hall–Kier alpha value is -0.770. The van der Waals surface area contributed by atoms with Gasteiger partial charge < -0.3 is 10.4 Å². The standard InChI is InChI=1S/C15H21Cl2NO2/c1-10(15(19)20)4-3-5-11(2)18-9-12-6-7-13(16)8-14(12)17/h6-8,10-11,18H,3-5,9H2,1-2H3,(H,19,20). The van der Waals surface area contributed by atoms with Crippen LogP contribution in [0.5, 0.6) is 0 Å². The zero-order chi connectivity index (χ0) is 15.1. The average Bonchev–Trinajstić information content (AvgIpc) is 2.37. The van der Waals surface area contributed by atoms with Gasteiger partial charge in [0.15, 0.2) is 0 Å². The zero-order valence-corrected chi connectivity index (χ0v) is 13.3. The summed E-state index contributed by atoms with van der Waals surface area (Å²) in [5.41, 5.74) is 1.02. The Balaban J connectivity index is 2.29. The maximum absolute atomic E-state index is 10.7. The Morgan fingerprint density at radius 1 is 1.30 bits per heavy atom. The van der Waals surface area contributed by atoms with Gasteiger partial charge in [0, 0.05) is 22.6 Å². The van der Waals surface area contributed by atoms with Gasteiger partial charge in [0.1, 0.15) is 0 Å². The van der Waals surface area contributed by atoms with Crippen molar-refractivity contribution in [1.29, 1.82) is 0 Å². The van der Waals surface area contributed by atoms with Gasteiger partial charge in [-0.3, -0.25) is 4.79 Å². The van der Waals surface area contributed by atoms with Crippen molar-refractivity contribution in [2.45, 2.75) is 45.7 Å². The summed E-state index contributed by atoms with van der Waals surface area (Å²) in [6, 6.07) is 5.79. The number of halogens is 2. The molecule has 2 N–H and O–H groups in total. The largest absolute Gasteiger partial charge is 0.481 e. The molecule has 0 saturated heterocycles. The van der Waals surface area contributed by atoms with Crippen LogP contribution in [0.15, 0.2) is 18.2 Å². The molecule has 1 aromatic rings. The fourth-order valence-electron chi connectivity index (χ4n) is 1.90. The summed E-state index contributed by atoms with van der Waals surface area (Å²) >= 11 is 12.0. The van der Waals surface area contributed by atoms with Gasteiger partial charge in [-0.05, 0) is 37.5 Å². The van der Waals surface area contributed by atoms with Crippen LogP contribution in [0.4, 0.5) is 0 Å². The van der Waals surface area contributed by atoms with E-state index in [1.165, 1.54) is 0 Å². The number of hydrogen-bond donors (Lipinski definition) is 2. The van der Waals surface area contributed by atoms with Crippen molar-refractivity contribution in [1.82, 2.24) is 5.32 Å². The molecule has 0 saturated carbocycles. The summed E-state index contributed by atoms with van der Waals surface area (Å²) in [7, 11) is 0. The molecule has 0 amide bonds. The zero-order valence-electron chi connectivity index (χ0n) is 11.8. The number of carbonyl (C=O) groups is 1. The maximum Gasteiger partial charge on any atom is 0.306 e. The summed E-state index contributed by atoms with van der Waals surface area (Å²) in [5.74, 6) is -0.994. The van der Waals surface area contributed by atoms with E-state index >= 15 is 0 Å². The molecule has 0 fully saturated rings. The molecule has 112 valence electrons. The summed E-state index contributed by atoms with van der Waals surface area (Å²) < 4.78 is 0. The monoisotopic (exact) mass is 317 g/mol. The third-order valence-corrected chi connectivity index (χ3v) is 3.94. The summed E-state index contributed by atoms with van der Waals surface area (Å²) in [4.78, 5) is 10.7. The highest BCUT2D eigenvalue weighted by Gasteiger charge is 2.11. The van der Waals surface area contributed by atoms with E-state index in [1.807, 2.05) is 12.1 Å². The van der Waals surface area contributed by atoms with E-state index in [9.17, 15) is 4.79 Å². The molecule has 0 heterocycles. The highest BCUT2D eigenvalue weighted by atomic mass is 35.5. The van der Waals surface area contributed by atoms with Crippen molar-refractivity contribution in [3.8, 4) is 0 Å². The molecule has 0 aliphatic carbocycles. The second kappa shape index (κ2) is 8.50. The lowest BCUT2D eigenvalue weighted by atomic mass is 10.0. The Bertz CT molecular complexity index is 451. The first kappa shape index (κ1) is 17.3. The molecule has 1 aromatic carbocycles. The molecule has 0 bridgehead atoms. The molecule has 0 aliphatic heterocycles. The molecule has 0 aliphatic rings. The molecule has 3 nitrogen and oxygen atoms in total. The van der Waals surface area contributed by atoms with Crippen molar-refractivity contribution in [3.05, 3.63) is 33.8 Å². The number of rotatable bonds is 8. The Kier molecular flexibility index (Phi) is 7.35. The van der Waals surface area contributed by atoms with Crippen LogP contribution in [0.25, 0.3) is 0 Å². The van der Waals surface area contributed by atoms with Gasteiger partial charge in [0.25, 0.3) is 0 Å². The van der Waals surface area contributed by atoms with Gasteiger partial charge in [-0.15, -0.1) is 0 Å². The van der Waals surface area contributed by atoms with Gasteiger partial charge in [-0.1, -0.05) is 42.6 Å². The van der Waals surface area contributed by atoms with Crippen molar-refractivity contribution >= 4 is 29.2 Å². The van der Waals surface area contributed by atoms with Crippen LogP contribution < -0.4 is 5.32 Å². The van der Waals surface area contributed by atoms with E-state index in [0.29, 0.717) is 29.1 Å². The van der Waals surface area contributed by atoms with Gasteiger partial charge >= 0.3 is 5.97 Å². The summed E-state index contributed by atoms with van der Waals surface area (Å²) in [5, 5.41) is 13.5. The van der Waals surface area contributed by atoms with Gasteiger partial charge in [-0.2, -0.15) is 0 Å². The first-order chi connectivity index (χ1) is 9.40. The molecule has 0 radical (unpaired) electrons. The molecular weight excluding hydrogens is 297 g/mol. The summed E-state index contributed by atoms with van der Waals surface area (Å²) in [6.07, 6.45) is 2.56. The van der Waals surface area contributed by atoms with Crippen molar-refractivity contribution < 1.29 is 9.90 Å². The van der Waals surface area contributed by atoms with Gasteiger partial charge in [0.2, 0.25) is 0 Å². The van der Waals surface area contributed by atoms with Crippen LogP contribution in [-0.2, 0) is 11.3 Å². The smallest absolute Gasteiger partial charge is 0.306 e. The number of hydrogen-bond acceptors (Lipinski definition) is 2. The highest BCUT2D eigenvalue weighted by Crippen LogP contribution is 2.21. The summed E-state index contributed by atoms with van der Waals surface area (Å²) in [6.45, 7) is 4.52. The molecule has 2 unspecified atom stereocenters. The van der Waals surface area contributed by atoms with E-state index in [1.54, 1.807) is 13.0 Å². The van der Waals surface area contributed by atoms with Crippen LogP contribution in [0.2, 0.25) is 10.0 Å². The average molecular weight is 318 g/mol. The molecule has 0 spiro atoms. The Labute approximate surface area is 130 Å². The minimum Gasteiger partial charge on any atom is -0.481 e. The van der Waals surface area contributed by atoms with Crippen LogP contribution in [-0.4, -0.2) is 17.1 Å². The van der Waals surface area contributed by atoms with E-state index < -0.39 is 5.97 Å². The van der Waals surface area contributed by atoms with Crippen LogP contribution in [0.1, 0.15) is 38.7 Å².